The Kier molecular flexibility index (Phi) is 13.9. The molecule has 2 aromatic rings. The largest absolute Gasteiger partial charge is 0.496 e. The Morgan fingerprint density at radius 3 is 2.10 bits per heavy atom. The summed E-state index contributed by atoms with van der Waals surface area (Å²) in [5.74, 6) is 0.956. The predicted octanol–water partition coefficient (Wildman–Crippen LogP) is 4.65. The Hall–Kier alpha value is -1.88. The number of nitrogens with one attached hydrogen (secondary N) is 1. The molecule has 4 nitrogen and oxygen atoms in total. The van der Waals surface area contributed by atoms with Gasteiger partial charge in [0.05, 0.1) is 13.2 Å². The van der Waals surface area contributed by atoms with Gasteiger partial charge in [-0.3, -0.25) is 4.90 Å². The molecule has 1 aliphatic rings. The molecule has 1 heterocycles. The van der Waals surface area contributed by atoms with Gasteiger partial charge in [-0.15, -0.1) is 0 Å². The molecular weight excluding hydrogens is 360 g/mol. The molecular formula is C25H40N2O2. The van der Waals surface area contributed by atoms with E-state index in [4.69, 9.17) is 4.74 Å². The average Bonchev–Trinajstić information content (AvgIpc) is 3.15. The third-order valence-corrected chi connectivity index (χ3v) is 4.66. The van der Waals surface area contributed by atoms with E-state index in [-0.39, 0.29) is 6.10 Å². The van der Waals surface area contributed by atoms with E-state index in [2.05, 4.69) is 48.3 Å². The van der Waals surface area contributed by atoms with E-state index in [1.807, 2.05) is 37.3 Å². The van der Waals surface area contributed by atoms with Crippen LogP contribution in [0.2, 0.25) is 0 Å². The lowest BCUT2D eigenvalue weighted by Gasteiger charge is -2.14. The molecule has 0 spiro atoms. The van der Waals surface area contributed by atoms with E-state index in [1.165, 1.54) is 37.1 Å². The maximum atomic E-state index is 9.34. The number of methoxy groups -OCH3 is 1. The molecule has 1 atom stereocenters. The fourth-order valence-electron chi connectivity index (χ4n) is 3.06. The molecule has 0 amide bonds. The van der Waals surface area contributed by atoms with Gasteiger partial charge in [-0.2, -0.15) is 0 Å². The van der Waals surface area contributed by atoms with Gasteiger partial charge in [0.25, 0.3) is 0 Å². The smallest absolute Gasteiger partial charge is 0.121 e. The number of aliphatic hydroxyl groups excluding tert-OH is 1. The van der Waals surface area contributed by atoms with Crippen LogP contribution in [0.3, 0.4) is 0 Å². The van der Waals surface area contributed by atoms with Gasteiger partial charge in [0.15, 0.2) is 0 Å². The first-order chi connectivity index (χ1) is 14.1. The standard InChI is InChI=1S/C11H15NO.C8H10O.C6H15N/c13-11-6-7-12(9-11)8-10-4-2-1-3-5-10;1-7-5-3-4-6-8(7)9-2;1-3-5-7-6-4-2/h1-5,11,13H,6-9H2;3-6H,1-2H3;7H,3-6H2,1-2H3. The van der Waals surface area contributed by atoms with Crippen molar-refractivity contribution < 1.29 is 9.84 Å². The van der Waals surface area contributed by atoms with Crippen molar-refractivity contribution in [2.75, 3.05) is 33.3 Å². The van der Waals surface area contributed by atoms with Gasteiger partial charge in [-0.05, 0) is 56.5 Å². The second kappa shape index (κ2) is 16.0. The van der Waals surface area contributed by atoms with Crippen molar-refractivity contribution in [1.82, 2.24) is 10.2 Å². The Labute approximate surface area is 177 Å². The summed E-state index contributed by atoms with van der Waals surface area (Å²) in [6.07, 6.45) is 3.32. The third kappa shape index (κ3) is 11.6. The first-order valence-corrected chi connectivity index (χ1v) is 10.8. The van der Waals surface area contributed by atoms with Crippen LogP contribution >= 0.6 is 0 Å². The van der Waals surface area contributed by atoms with Gasteiger partial charge in [0.2, 0.25) is 0 Å². The number of ether oxygens (including phenoxy) is 1. The Morgan fingerprint density at radius 2 is 1.62 bits per heavy atom. The molecule has 1 saturated heterocycles. The number of aryl methyl sites for hydroxylation is 1. The number of hydrogen-bond donors (Lipinski definition) is 2. The normalized spacial score (nSPS) is 15.7. The van der Waals surface area contributed by atoms with Crippen LogP contribution in [0.25, 0.3) is 0 Å². The minimum atomic E-state index is -0.108. The molecule has 0 aromatic heterocycles. The van der Waals surface area contributed by atoms with Gasteiger partial charge in [0, 0.05) is 19.6 Å². The number of benzene rings is 2. The van der Waals surface area contributed by atoms with Gasteiger partial charge in [-0.25, -0.2) is 0 Å². The highest BCUT2D eigenvalue weighted by Crippen LogP contribution is 2.14. The van der Waals surface area contributed by atoms with Crippen molar-refractivity contribution in [3.8, 4) is 5.75 Å². The number of likely N-dealkylation sites (tertiary alicyclic amines) is 1. The minimum Gasteiger partial charge on any atom is -0.496 e. The van der Waals surface area contributed by atoms with Gasteiger partial charge >= 0.3 is 0 Å². The highest BCUT2D eigenvalue weighted by Gasteiger charge is 2.19. The summed E-state index contributed by atoms with van der Waals surface area (Å²) in [6, 6.07) is 18.3. The summed E-state index contributed by atoms with van der Waals surface area (Å²) < 4.78 is 5.04. The summed E-state index contributed by atoms with van der Waals surface area (Å²) in [6.45, 7) is 11.6. The maximum Gasteiger partial charge on any atom is 0.121 e. The molecule has 1 fully saturated rings. The second-order valence-electron chi connectivity index (χ2n) is 7.38. The quantitative estimate of drug-likeness (QED) is 0.664. The molecule has 3 rings (SSSR count). The molecule has 0 bridgehead atoms. The first kappa shape index (κ1) is 25.2. The van der Waals surface area contributed by atoms with Crippen LogP contribution in [0.5, 0.6) is 5.75 Å². The van der Waals surface area contributed by atoms with Gasteiger partial charge < -0.3 is 15.2 Å². The van der Waals surface area contributed by atoms with E-state index in [0.717, 1.165) is 31.8 Å². The molecule has 0 radical (unpaired) electrons. The summed E-state index contributed by atoms with van der Waals surface area (Å²) >= 11 is 0. The minimum absolute atomic E-state index is 0.108. The van der Waals surface area contributed by atoms with Crippen LogP contribution in [0.1, 0.15) is 44.2 Å². The zero-order valence-corrected chi connectivity index (χ0v) is 18.7. The first-order valence-electron chi connectivity index (χ1n) is 10.8. The molecule has 1 aliphatic heterocycles. The van der Waals surface area contributed by atoms with Crippen molar-refractivity contribution in [2.24, 2.45) is 0 Å². The summed E-state index contributed by atoms with van der Waals surface area (Å²) in [4.78, 5) is 2.29. The summed E-state index contributed by atoms with van der Waals surface area (Å²) in [7, 11) is 1.68. The van der Waals surface area contributed by atoms with E-state index in [1.54, 1.807) is 7.11 Å². The number of β-amino-alcohol motifs (C(OH)–C–C–N with tert-alkyl or cyclic N) is 1. The van der Waals surface area contributed by atoms with Crippen LogP contribution in [-0.2, 0) is 6.54 Å². The molecule has 162 valence electrons. The molecule has 1 unspecified atom stereocenters. The Balaban J connectivity index is 0.000000232. The lowest BCUT2D eigenvalue weighted by molar-refractivity contribution is 0.175. The lowest BCUT2D eigenvalue weighted by Crippen LogP contribution is -2.21. The van der Waals surface area contributed by atoms with Crippen molar-refractivity contribution in [3.05, 3.63) is 65.7 Å². The number of aliphatic hydroxyl groups is 1. The van der Waals surface area contributed by atoms with E-state index in [0.29, 0.717) is 0 Å². The van der Waals surface area contributed by atoms with Crippen molar-refractivity contribution in [3.63, 3.8) is 0 Å². The van der Waals surface area contributed by atoms with E-state index < -0.39 is 0 Å². The average molecular weight is 401 g/mol. The van der Waals surface area contributed by atoms with Crippen LogP contribution in [0.15, 0.2) is 54.6 Å². The fraction of sp³-hybridized carbons (Fsp3) is 0.520. The monoisotopic (exact) mass is 400 g/mol. The van der Waals surface area contributed by atoms with Crippen LogP contribution in [0, 0.1) is 6.92 Å². The zero-order valence-electron chi connectivity index (χ0n) is 18.7. The fourth-order valence-corrected chi connectivity index (χ4v) is 3.06. The van der Waals surface area contributed by atoms with Crippen LogP contribution in [-0.4, -0.2) is 49.4 Å². The molecule has 4 heteroatoms. The number of rotatable bonds is 7. The maximum absolute atomic E-state index is 9.34. The number of hydrogen-bond acceptors (Lipinski definition) is 4. The predicted molar refractivity (Wildman–Crippen MR) is 124 cm³/mol. The van der Waals surface area contributed by atoms with Crippen molar-refractivity contribution in [2.45, 2.75) is 52.7 Å². The molecule has 2 N–H and O–H groups in total. The topological polar surface area (TPSA) is 44.7 Å². The SMILES string of the molecule is CCCNCCC.COc1ccccc1C.OC1CCN(Cc2ccccc2)C1. The number of para-hydroxylation sites is 1. The summed E-state index contributed by atoms with van der Waals surface area (Å²) in [5.41, 5.74) is 2.51. The van der Waals surface area contributed by atoms with E-state index >= 15 is 0 Å². The molecule has 29 heavy (non-hydrogen) atoms. The molecule has 0 aliphatic carbocycles. The highest BCUT2D eigenvalue weighted by molar-refractivity contribution is 5.31. The second-order valence-corrected chi connectivity index (χ2v) is 7.38. The van der Waals surface area contributed by atoms with Crippen LogP contribution < -0.4 is 10.1 Å². The number of nitrogens with zero attached hydrogens (tertiary/aromatic N) is 1. The molecule has 2 aromatic carbocycles. The lowest BCUT2D eigenvalue weighted by atomic mass is 10.2. The van der Waals surface area contributed by atoms with Gasteiger partial charge in [-0.1, -0.05) is 62.4 Å². The van der Waals surface area contributed by atoms with Crippen molar-refractivity contribution in [1.29, 1.82) is 0 Å². The highest BCUT2D eigenvalue weighted by atomic mass is 16.5. The Morgan fingerprint density at radius 1 is 1.00 bits per heavy atom. The third-order valence-electron chi connectivity index (χ3n) is 4.66. The van der Waals surface area contributed by atoms with Crippen LogP contribution in [0.4, 0.5) is 0 Å². The molecule has 0 saturated carbocycles. The van der Waals surface area contributed by atoms with Gasteiger partial charge in [0.1, 0.15) is 5.75 Å². The Bertz CT molecular complexity index is 630. The summed E-state index contributed by atoms with van der Waals surface area (Å²) in [5, 5.41) is 12.6. The van der Waals surface area contributed by atoms with E-state index in [9.17, 15) is 5.11 Å². The zero-order chi connectivity index (χ0) is 21.3. The van der Waals surface area contributed by atoms with Crippen molar-refractivity contribution >= 4 is 0 Å².